The highest BCUT2D eigenvalue weighted by Gasteiger charge is 2.28. The van der Waals surface area contributed by atoms with Crippen LogP contribution in [0.15, 0.2) is 24.3 Å². The van der Waals surface area contributed by atoms with Gasteiger partial charge in [-0.25, -0.2) is 8.42 Å². The molecular formula is C17H26N2O3S. The van der Waals surface area contributed by atoms with Crippen molar-refractivity contribution in [3.05, 3.63) is 35.4 Å². The van der Waals surface area contributed by atoms with Crippen LogP contribution in [0.25, 0.3) is 0 Å². The molecule has 1 aromatic rings. The van der Waals surface area contributed by atoms with E-state index in [1.165, 1.54) is 9.87 Å². The van der Waals surface area contributed by atoms with Gasteiger partial charge in [0.1, 0.15) is 0 Å². The van der Waals surface area contributed by atoms with Crippen LogP contribution in [0.4, 0.5) is 0 Å². The Labute approximate surface area is 139 Å². The highest BCUT2D eigenvalue weighted by molar-refractivity contribution is 7.89. The molecule has 1 heterocycles. The number of amides is 1. The third-order valence-electron chi connectivity index (χ3n) is 4.22. The zero-order valence-corrected chi connectivity index (χ0v) is 14.8. The minimum Gasteiger partial charge on any atom is -0.340 e. The molecule has 1 aromatic carbocycles. The number of carbonyl (C=O) groups excluding carboxylic acids is 1. The number of rotatable bonds is 6. The first-order valence-corrected chi connectivity index (χ1v) is 9.84. The van der Waals surface area contributed by atoms with Crippen molar-refractivity contribution in [2.45, 2.75) is 33.1 Å². The van der Waals surface area contributed by atoms with E-state index in [0.717, 1.165) is 12.0 Å². The predicted octanol–water partition coefficient (Wildman–Crippen LogP) is 1.81. The van der Waals surface area contributed by atoms with E-state index in [-0.39, 0.29) is 11.7 Å². The molecule has 6 heteroatoms. The minimum atomic E-state index is -3.16. The summed E-state index contributed by atoms with van der Waals surface area (Å²) in [7, 11) is -3.16. The molecule has 0 saturated carbocycles. The standard InChI is InChI=1S/C17H26N2O3S/c1-3-4-13-23(21,22)19-11-9-18(10-12-19)17(20)14-16-7-5-15(2)6-8-16/h5-8H,3-4,9-14H2,1-2H3. The van der Waals surface area contributed by atoms with Crippen molar-refractivity contribution in [3.8, 4) is 0 Å². The van der Waals surface area contributed by atoms with Crippen LogP contribution >= 0.6 is 0 Å². The Morgan fingerprint density at radius 1 is 1.09 bits per heavy atom. The molecule has 1 aliphatic rings. The molecule has 1 fully saturated rings. The van der Waals surface area contributed by atoms with Gasteiger partial charge in [-0.15, -0.1) is 0 Å². The minimum absolute atomic E-state index is 0.0689. The smallest absolute Gasteiger partial charge is 0.227 e. The molecule has 0 radical (unpaired) electrons. The van der Waals surface area contributed by atoms with Crippen molar-refractivity contribution in [1.82, 2.24) is 9.21 Å². The molecule has 23 heavy (non-hydrogen) atoms. The first-order chi connectivity index (χ1) is 10.9. The van der Waals surface area contributed by atoms with Gasteiger partial charge in [-0.1, -0.05) is 43.2 Å². The van der Waals surface area contributed by atoms with Crippen molar-refractivity contribution in [3.63, 3.8) is 0 Å². The number of benzene rings is 1. The Kier molecular flexibility index (Phi) is 6.18. The summed E-state index contributed by atoms with van der Waals surface area (Å²) in [6, 6.07) is 7.94. The van der Waals surface area contributed by atoms with E-state index >= 15 is 0 Å². The van der Waals surface area contributed by atoms with Crippen molar-refractivity contribution >= 4 is 15.9 Å². The Morgan fingerprint density at radius 3 is 2.26 bits per heavy atom. The molecule has 0 N–H and O–H groups in total. The fourth-order valence-corrected chi connectivity index (χ4v) is 4.30. The summed E-state index contributed by atoms with van der Waals surface area (Å²) >= 11 is 0. The van der Waals surface area contributed by atoms with Gasteiger partial charge in [0.2, 0.25) is 15.9 Å². The number of nitrogens with zero attached hydrogens (tertiary/aromatic N) is 2. The second-order valence-corrected chi connectivity index (χ2v) is 8.20. The summed E-state index contributed by atoms with van der Waals surface area (Å²) in [5.41, 5.74) is 2.17. The highest BCUT2D eigenvalue weighted by Crippen LogP contribution is 2.12. The molecule has 0 spiro atoms. The second kappa shape index (κ2) is 7.93. The van der Waals surface area contributed by atoms with Gasteiger partial charge in [-0.2, -0.15) is 4.31 Å². The van der Waals surface area contributed by atoms with E-state index in [4.69, 9.17) is 0 Å². The summed E-state index contributed by atoms with van der Waals surface area (Å²) in [5, 5.41) is 0. The van der Waals surface area contributed by atoms with Crippen LogP contribution < -0.4 is 0 Å². The van der Waals surface area contributed by atoms with Crippen LogP contribution in [-0.4, -0.2) is 55.5 Å². The average Bonchev–Trinajstić information content (AvgIpc) is 2.55. The predicted molar refractivity (Wildman–Crippen MR) is 91.7 cm³/mol. The van der Waals surface area contributed by atoms with Crippen LogP contribution in [0.1, 0.15) is 30.9 Å². The maximum Gasteiger partial charge on any atom is 0.227 e. The van der Waals surface area contributed by atoms with Crippen LogP contribution in [0, 0.1) is 6.92 Å². The number of unbranched alkanes of at least 4 members (excludes halogenated alkanes) is 1. The lowest BCUT2D eigenvalue weighted by atomic mass is 10.1. The number of hydrogen-bond acceptors (Lipinski definition) is 3. The Balaban J connectivity index is 1.86. The molecule has 1 saturated heterocycles. The second-order valence-electron chi connectivity index (χ2n) is 6.11. The summed E-state index contributed by atoms with van der Waals surface area (Å²) in [4.78, 5) is 14.1. The van der Waals surface area contributed by atoms with E-state index in [1.54, 1.807) is 4.90 Å². The molecule has 128 valence electrons. The Morgan fingerprint density at radius 2 is 1.70 bits per heavy atom. The molecule has 5 nitrogen and oxygen atoms in total. The van der Waals surface area contributed by atoms with Crippen LogP contribution in [0.2, 0.25) is 0 Å². The quantitative estimate of drug-likeness (QED) is 0.795. The van der Waals surface area contributed by atoms with Crippen LogP contribution in [-0.2, 0) is 21.2 Å². The molecule has 0 bridgehead atoms. The first kappa shape index (κ1) is 17.9. The first-order valence-electron chi connectivity index (χ1n) is 8.23. The summed E-state index contributed by atoms with van der Waals surface area (Å²) < 4.78 is 25.9. The molecular weight excluding hydrogens is 312 g/mol. The lowest BCUT2D eigenvalue weighted by Crippen LogP contribution is -2.51. The Hall–Kier alpha value is -1.40. The summed E-state index contributed by atoms with van der Waals surface area (Å²) in [6.07, 6.45) is 1.94. The van der Waals surface area contributed by atoms with Crippen molar-refractivity contribution in [2.24, 2.45) is 0 Å². The average molecular weight is 338 g/mol. The van der Waals surface area contributed by atoms with E-state index in [1.807, 2.05) is 38.1 Å². The van der Waals surface area contributed by atoms with Gasteiger partial charge < -0.3 is 4.90 Å². The fourth-order valence-electron chi connectivity index (χ4n) is 2.66. The maximum atomic E-state index is 12.3. The van der Waals surface area contributed by atoms with Gasteiger partial charge in [0, 0.05) is 26.2 Å². The van der Waals surface area contributed by atoms with Gasteiger partial charge in [0.05, 0.1) is 12.2 Å². The molecule has 0 aliphatic carbocycles. The van der Waals surface area contributed by atoms with E-state index in [9.17, 15) is 13.2 Å². The molecule has 1 aliphatic heterocycles. The molecule has 0 aromatic heterocycles. The third kappa shape index (κ3) is 5.04. The molecule has 0 atom stereocenters. The van der Waals surface area contributed by atoms with Gasteiger partial charge in [-0.3, -0.25) is 4.79 Å². The van der Waals surface area contributed by atoms with Crippen molar-refractivity contribution in [2.75, 3.05) is 31.9 Å². The maximum absolute atomic E-state index is 12.3. The van der Waals surface area contributed by atoms with Gasteiger partial charge in [0.25, 0.3) is 0 Å². The van der Waals surface area contributed by atoms with Gasteiger partial charge >= 0.3 is 0 Å². The van der Waals surface area contributed by atoms with E-state index < -0.39 is 10.0 Å². The summed E-state index contributed by atoms with van der Waals surface area (Å²) in [6.45, 7) is 5.78. The lowest BCUT2D eigenvalue weighted by molar-refractivity contribution is -0.131. The Bertz CT molecular complexity index is 618. The number of hydrogen-bond donors (Lipinski definition) is 0. The van der Waals surface area contributed by atoms with Gasteiger partial charge in [0.15, 0.2) is 0 Å². The number of piperazine rings is 1. The van der Waals surface area contributed by atoms with E-state index in [0.29, 0.717) is 39.0 Å². The number of aryl methyl sites for hydroxylation is 1. The summed E-state index contributed by atoms with van der Waals surface area (Å²) in [5.74, 6) is 0.278. The number of sulfonamides is 1. The number of carbonyl (C=O) groups is 1. The van der Waals surface area contributed by atoms with Crippen LogP contribution in [0.3, 0.4) is 0 Å². The molecule has 0 unspecified atom stereocenters. The van der Waals surface area contributed by atoms with Crippen molar-refractivity contribution < 1.29 is 13.2 Å². The zero-order valence-electron chi connectivity index (χ0n) is 14.0. The highest BCUT2D eigenvalue weighted by atomic mass is 32.2. The fraction of sp³-hybridized carbons (Fsp3) is 0.588. The normalized spacial score (nSPS) is 16.5. The van der Waals surface area contributed by atoms with Crippen LogP contribution in [0.5, 0.6) is 0 Å². The topological polar surface area (TPSA) is 57.7 Å². The van der Waals surface area contributed by atoms with Gasteiger partial charge in [-0.05, 0) is 18.9 Å². The SMILES string of the molecule is CCCCS(=O)(=O)N1CCN(C(=O)Cc2ccc(C)cc2)CC1. The lowest BCUT2D eigenvalue weighted by Gasteiger charge is -2.34. The zero-order chi connectivity index (χ0) is 16.9. The largest absolute Gasteiger partial charge is 0.340 e. The van der Waals surface area contributed by atoms with E-state index in [2.05, 4.69) is 0 Å². The third-order valence-corrected chi connectivity index (χ3v) is 6.17. The molecule has 2 rings (SSSR count). The monoisotopic (exact) mass is 338 g/mol. The molecule has 1 amide bonds. The van der Waals surface area contributed by atoms with Crippen molar-refractivity contribution in [1.29, 1.82) is 0 Å².